The minimum absolute atomic E-state index is 0.336. The summed E-state index contributed by atoms with van der Waals surface area (Å²) in [4.78, 5) is 13.0. The lowest BCUT2D eigenvalue weighted by atomic mass is 10.1. The molecule has 1 saturated carbocycles. The van der Waals surface area contributed by atoms with Crippen LogP contribution in [0.1, 0.15) is 40.0 Å². The van der Waals surface area contributed by atoms with Gasteiger partial charge in [0.05, 0.1) is 0 Å². The van der Waals surface area contributed by atoms with E-state index in [1.54, 1.807) is 20.8 Å². The molecule has 2 atom stereocenters. The van der Waals surface area contributed by atoms with Crippen LogP contribution in [0.5, 0.6) is 0 Å². The van der Waals surface area contributed by atoms with Gasteiger partial charge in [-0.25, -0.2) is 9.18 Å². The quantitative estimate of drug-likeness (QED) is 0.581. The summed E-state index contributed by atoms with van der Waals surface area (Å²) in [5.41, 5.74) is -0.546. The third-order valence-electron chi connectivity index (χ3n) is 3.08. The molecule has 3 nitrogen and oxygen atoms in total. The van der Waals surface area contributed by atoms with Crippen molar-refractivity contribution in [2.75, 3.05) is 6.54 Å². The highest BCUT2D eigenvalue weighted by Gasteiger charge is 2.54. The third-order valence-corrected chi connectivity index (χ3v) is 3.08. The second-order valence-corrected chi connectivity index (χ2v) is 5.62. The molecule has 0 spiro atoms. The van der Waals surface area contributed by atoms with Gasteiger partial charge in [-0.2, -0.15) is 0 Å². The fraction of sp³-hybridized carbons (Fsp3) is 0.909. The Bertz CT molecular complexity index is 287. The number of ether oxygens (including phenoxy) is 1. The van der Waals surface area contributed by atoms with Gasteiger partial charge in [-0.05, 0) is 33.1 Å². The lowest BCUT2D eigenvalue weighted by Gasteiger charge is -2.33. The Morgan fingerprint density at radius 1 is 1.53 bits per heavy atom. The van der Waals surface area contributed by atoms with Crippen molar-refractivity contribution in [3.05, 3.63) is 0 Å². The largest absolute Gasteiger partial charge is 0.444 e. The summed E-state index contributed by atoms with van der Waals surface area (Å²) in [5.74, 6) is -1.09. The second-order valence-electron chi connectivity index (χ2n) is 5.62. The molecule has 0 aromatic heterocycles. The van der Waals surface area contributed by atoms with E-state index < -0.39 is 17.5 Å². The standard InChI is InChI=1S/C11H18FNO2/c1-10(2,3)15-9(14)13-7-8-4-5-11(13,12)6-8/h8H,4-7H2,1-3H3. The molecule has 15 heavy (non-hydrogen) atoms. The summed E-state index contributed by atoms with van der Waals surface area (Å²) in [6, 6.07) is 0. The molecule has 86 valence electrons. The van der Waals surface area contributed by atoms with E-state index in [2.05, 4.69) is 0 Å². The summed E-state index contributed by atoms with van der Waals surface area (Å²) in [7, 11) is 0. The van der Waals surface area contributed by atoms with Gasteiger partial charge in [0.1, 0.15) is 5.60 Å². The molecular formula is C11H18FNO2. The molecule has 1 aliphatic heterocycles. The lowest BCUT2D eigenvalue weighted by molar-refractivity contribution is -0.0369. The number of nitrogens with zero attached hydrogens (tertiary/aromatic N) is 1. The maximum atomic E-state index is 14.2. The fourth-order valence-corrected chi connectivity index (χ4v) is 2.45. The maximum absolute atomic E-state index is 14.2. The van der Waals surface area contributed by atoms with E-state index in [9.17, 15) is 9.18 Å². The van der Waals surface area contributed by atoms with E-state index in [-0.39, 0.29) is 0 Å². The molecule has 2 rings (SSSR count). The highest BCUT2D eigenvalue weighted by Crippen LogP contribution is 2.47. The van der Waals surface area contributed by atoms with Crippen molar-refractivity contribution in [3.63, 3.8) is 0 Å². The molecule has 1 aliphatic carbocycles. The van der Waals surface area contributed by atoms with Crippen LogP contribution in [0.3, 0.4) is 0 Å². The van der Waals surface area contributed by atoms with E-state index in [4.69, 9.17) is 4.74 Å². The first-order chi connectivity index (χ1) is 6.80. The van der Waals surface area contributed by atoms with Gasteiger partial charge in [0.25, 0.3) is 0 Å². The number of likely N-dealkylation sites (tertiary alicyclic amines) is 1. The Labute approximate surface area is 89.6 Å². The monoisotopic (exact) mass is 215 g/mol. The molecule has 1 heterocycles. The van der Waals surface area contributed by atoms with Crippen LogP contribution in [0.25, 0.3) is 0 Å². The fourth-order valence-electron chi connectivity index (χ4n) is 2.45. The summed E-state index contributed by atoms with van der Waals surface area (Å²) >= 11 is 0. The van der Waals surface area contributed by atoms with E-state index in [0.717, 1.165) is 6.42 Å². The van der Waals surface area contributed by atoms with Crippen LogP contribution < -0.4 is 0 Å². The number of alkyl halides is 1. The molecule has 0 radical (unpaired) electrons. The van der Waals surface area contributed by atoms with Crippen LogP contribution in [0.15, 0.2) is 0 Å². The average Bonchev–Trinajstić information content (AvgIpc) is 2.55. The molecular weight excluding hydrogens is 197 g/mol. The predicted octanol–water partition coefficient (Wildman–Crippen LogP) is 2.70. The Kier molecular flexibility index (Phi) is 2.21. The van der Waals surface area contributed by atoms with Crippen molar-refractivity contribution >= 4 is 6.09 Å². The first kappa shape index (κ1) is 10.7. The highest BCUT2D eigenvalue weighted by atomic mass is 19.1. The van der Waals surface area contributed by atoms with Crippen molar-refractivity contribution in [2.45, 2.75) is 51.4 Å². The highest BCUT2D eigenvalue weighted by molar-refractivity contribution is 5.69. The zero-order valence-corrected chi connectivity index (χ0v) is 9.55. The molecule has 0 aromatic rings. The lowest BCUT2D eigenvalue weighted by Crippen LogP contribution is -2.47. The Balaban J connectivity index is 2.04. The summed E-state index contributed by atoms with van der Waals surface area (Å²) in [6.07, 6.45) is 1.35. The number of amides is 1. The second kappa shape index (κ2) is 3.09. The van der Waals surface area contributed by atoms with Gasteiger partial charge in [-0.3, -0.25) is 4.90 Å². The Morgan fingerprint density at radius 3 is 2.60 bits per heavy atom. The first-order valence-corrected chi connectivity index (χ1v) is 5.50. The smallest absolute Gasteiger partial charge is 0.412 e. The normalized spacial score (nSPS) is 34.7. The number of carbonyl (C=O) groups is 1. The van der Waals surface area contributed by atoms with E-state index >= 15 is 0 Å². The van der Waals surface area contributed by atoms with E-state index in [1.165, 1.54) is 4.90 Å². The van der Waals surface area contributed by atoms with Crippen LogP contribution in [0.4, 0.5) is 9.18 Å². The summed E-state index contributed by atoms with van der Waals surface area (Å²) in [6.45, 7) is 5.91. The number of rotatable bonds is 0. The Hall–Kier alpha value is -0.800. The zero-order valence-electron chi connectivity index (χ0n) is 9.55. The van der Waals surface area contributed by atoms with Crippen LogP contribution in [-0.4, -0.2) is 28.9 Å². The molecule has 1 saturated heterocycles. The minimum atomic E-state index is -1.42. The van der Waals surface area contributed by atoms with Crippen LogP contribution in [-0.2, 0) is 4.74 Å². The SMILES string of the molecule is CC(C)(C)OC(=O)N1CC2CCC1(F)C2. The van der Waals surface area contributed by atoms with Gasteiger partial charge in [0.15, 0.2) is 5.79 Å². The summed E-state index contributed by atoms with van der Waals surface area (Å²) < 4.78 is 19.4. The van der Waals surface area contributed by atoms with Crippen LogP contribution in [0, 0.1) is 5.92 Å². The molecule has 4 heteroatoms. The summed E-state index contributed by atoms with van der Waals surface area (Å²) in [5, 5.41) is 0. The molecule has 2 aliphatic rings. The Morgan fingerprint density at radius 2 is 2.20 bits per heavy atom. The predicted molar refractivity (Wildman–Crippen MR) is 54.1 cm³/mol. The minimum Gasteiger partial charge on any atom is -0.444 e. The molecule has 1 amide bonds. The first-order valence-electron chi connectivity index (χ1n) is 5.50. The number of hydrogen-bond acceptors (Lipinski definition) is 2. The topological polar surface area (TPSA) is 29.5 Å². The molecule has 2 fully saturated rings. The van der Waals surface area contributed by atoms with E-state index in [1.807, 2.05) is 0 Å². The van der Waals surface area contributed by atoms with Crippen LogP contribution in [0.2, 0.25) is 0 Å². The van der Waals surface area contributed by atoms with Gasteiger partial charge in [-0.1, -0.05) is 0 Å². The third kappa shape index (κ3) is 1.94. The van der Waals surface area contributed by atoms with Gasteiger partial charge < -0.3 is 4.74 Å². The molecule has 2 bridgehead atoms. The molecule has 2 unspecified atom stereocenters. The van der Waals surface area contributed by atoms with Gasteiger partial charge >= 0.3 is 6.09 Å². The van der Waals surface area contributed by atoms with E-state index in [0.29, 0.717) is 25.3 Å². The van der Waals surface area contributed by atoms with Gasteiger partial charge in [-0.15, -0.1) is 0 Å². The number of hydrogen-bond donors (Lipinski definition) is 0. The number of carbonyl (C=O) groups excluding carboxylic acids is 1. The van der Waals surface area contributed by atoms with Crippen LogP contribution >= 0.6 is 0 Å². The van der Waals surface area contributed by atoms with Gasteiger partial charge in [0.2, 0.25) is 0 Å². The number of fused-ring (bicyclic) bond motifs is 2. The average molecular weight is 215 g/mol. The van der Waals surface area contributed by atoms with Crippen molar-refractivity contribution < 1.29 is 13.9 Å². The molecule has 0 aromatic carbocycles. The van der Waals surface area contributed by atoms with Crippen molar-refractivity contribution in [2.24, 2.45) is 5.92 Å². The van der Waals surface area contributed by atoms with Crippen molar-refractivity contribution in [1.82, 2.24) is 4.90 Å². The maximum Gasteiger partial charge on any atom is 0.412 e. The number of halogens is 1. The van der Waals surface area contributed by atoms with Crippen molar-refractivity contribution in [3.8, 4) is 0 Å². The van der Waals surface area contributed by atoms with Gasteiger partial charge in [0, 0.05) is 19.4 Å². The molecule has 0 N–H and O–H groups in total. The van der Waals surface area contributed by atoms with Crippen molar-refractivity contribution in [1.29, 1.82) is 0 Å². The zero-order chi connectivity index (χ0) is 11.3. The number of piperidine rings is 1.